The topological polar surface area (TPSA) is 79.3 Å². The lowest BCUT2D eigenvalue weighted by Gasteiger charge is -2.09. The fraction of sp³-hybridized carbons (Fsp3) is 0.0500. The number of rotatable bonds is 3. The van der Waals surface area contributed by atoms with Crippen molar-refractivity contribution in [3.8, 4) is 17.6 Å². The first-order valence-electron chi connectivity index (χ1n) is 7.80. The highest BCUT2D eigenvalue weighted by molar-refractivity contribution is 7.92. The summed E-state index contributed by atoms with van der Waals surface area (Å²) in [5.74, 6) is 6.41. The predicted molar refractivity (Wildman–Crippen MR) is 100 cm³/mol. The van der Waals surface area contributed by atoms with Gasteiger partial charge in [-0.15, -0.1) is 0 Å². The van der Waals surface area contributed by atoms with E-state index in [1.54, 1.807) is 55.5 Å². The van der Waals surface area contributed by atoms with Crippen LogP contribution in [0.25, 0.3) is 0 Å². The van der Waals surface area contributed by atoms with Gasteiger partial charge in [0.15, 0.2) is 0 Å². The number of aryl methyl sites for hydroxylation is 1. The van der Waals surface area contributed by atoms with E-state index in [0.29, 0.717) is 11.4 Å². The molecule has 0 unspecified atom stereocenters. The average Bonchev–Trinajstić information content (AvgIpc) is 2.63. The quantitative estimate of drug-likeness (QED) is 0.699. The second-order valence-corrected chi connectivity index (χ2v) is 7.28. The van der Waals surface area contributed by atoms with Gasteiger partial charge in [-0.1, -0.05) is 17.9 Å². The fourth-order valence-corrected chi connectivity index (χ4v) is 3.27. The zero-order valence-electron chi connectivity index (χ0n) is 14.0. The van der Waals surface area contributed by atoms with Crippen molar-refractivity contribution < 1.29 is 13.5 Å². The summed E-state index contributed by atoms with van der Waals surface area (Å²) in [6, 6.07) is 16.4. The predicted octanol–water partition coefficient (Wildman–Crippen LogP) is 3.30. The largest absolute Gasteiger partial charge is 0.508 e. The van der Waals surface area contributed by atoms with E-state index in [0.717, 1.165) is 11.1 Å². The van der Waals surface area contributed by atoms with Gasteiger partial charge in [0, 0.05) is 17.3 Å². The molecule has 0 aliphatic heterocycles. The van der Waals surface area contributed by atoms with Gasteiger partial charge in [-0.05, 0) is 67.1 Å². The molecule has 3 rings (SSSR count). The van der Waals surface area contributed by atoms with E-state index in [-0.39, 0.29) is 10.6 Å². The van der Waals surface area contributed by atoms with Gasteiger partial charge in [0.1, 0.15) is 11.6 Å². The van der Waals surface area contributed by atoms with Crippen LogP contribution < -0.4 is 4.72 Å². The maximum Gasteiger partial charge on any atom is 0.263 e. The molecule has 0 radical (unpaired) electrons. The van der Waals surface area contributed by atoms with Gasteiger partial charge < -0.3 is 5.11 Å². The Hall–Kier alpha value is -3.30. The smallest absolute Gasteiger partial charge is 0.263 e. The molecule has 0 amide bonds. The number of hydrogen-bond acceptors (Lipinski definition) is 4. The Kier molecular flexibility index (Phi) is 4.92. The highest BCUT2D eigenvalue weighted by Gasteiger charge is 2.15. The normalized spacial score (nSPS) is 10.7. The standard InChI is InChI=1S/C20H16N2O3S/c1-15-3-2-14-21-20(15)22-26(24,25)19-12-8-17(9-13-19)5-4-16-6-10-18(23)11-7-16/h2-3,6-14,23H,1H3,(H,21,22). The van der Waals surface area contributed by atoms with E-state index >= 15 is 0 Å². The summed E-state index contributed by atoms with van der Waals surface area (Å²) in [7, 11) is -3.71. The van der Waals surface area contributed by atoms with Crippen molar-refractivity contribution >= 4 is 15.8 Å². The Morgan fingerprint density at radius 3 is 2.08 bits per heavy atom. The number of aromatic nitrogens is 1. The van der Waals surface area contributed by atoms with Gasteiger partial charge in [0.2, 0.25) is 0 Å². The van der Waals surface area contributed by atoms with E-state index < -0.39 is 10.0 Å². The van der Waals surface area contributed by atoms with Crippen molar-refractivity contribution in [1.82, 2.24) is 4.98 Å². The van der Waals surface area contributed by atoms with Crippen molar-refractivity contribution in [1.29, 1.82) is 0 Å². The van der Waals surface area contributed by atoms with Crippen LogP contribution in [-0.4, -0.2) is 18.5 Å². The van der Waals surface area contributed by atoms with Crippen LogP contribution in [0, 0.1) is 18.8 Å². The molecule has 0 aliphatic carbocycles. The number of sulfonamides is 1. The van der Waals surface area contributed by atoms with Crippen LogP contribution in [0.15, 0.2) is 71.8 Å². The number of aromatic hydroxyl groups is 1. The Morgan fingerprint density at radius 1 is 0.923 bits per heavy atom. The molecular formula is C20H16N2O3S. The molecule has 0 atom stereocenters. The molecule has 5 nitrogen and oxygen atoms in total. The lowest BCUT2D eigenvalue weighted by atomic mass is 10.2. The third-order valence-electron chi connectivity index (χ3n) is 3.62. The SMILES string of the molecule is Cc1cccnc1NS(=O)(=O)c1ccc(C#Cc2ccc(O)cc2)cc1. The van der Waals surface area contributed by atoms with E-state index in [1.165, 1.54) is 18.3 Å². The van der Waals surface area contributed by atoms with E-state index in [9.17, 15) is 13.5 Å². The van der Waals surface area contributed by atoms with Crippen LogP contribution in [0.4, 0.5) is 5.82 Å². The Morgan fingerprint density at radius 2 is 1.50 bits per heavy atom. The van der Waals surface area contributed by atoms with Crippen molar-refractivity contribution in [2.45, 2.75) is 11.8 Å². The fourth-order valence-electron chi connectivity index (χ4n) is 2.19. The molecule has 2 N–H and O–H groups in total. The number of pyridine rings is 1. The molecule has 130 valence electrons. The Bertz CT molecular complexity index is 1080. The summed E-state index contributed by atoms with van der Waals surface area (Å²) in [5.41, 5.74) is 2.19. The number of benzene rings is 2. The van der Waals surface area contributed by atoms with Crippen LogP contribution in [-0.2, 0) is 10.0 Å². The molecule has 1 aromatic heterocycles. The summed E-state index contributed by atoms with van der Waals surface area (Å²) in [6.07, 6.45) is 1.53. The van der Waals surface area contributed by atoms with Crippen molar-refractivity contribution in [3.63, 3.8) is 0 Å². The van der Waals surface area contributed by atoms with Gasteiger partial charge in [0.05, 0.1) is 4.90 Å². The Labute approximate surface area is 152 Å². The minimum atomic E-state index is -3.71. The van der Waals surface area contributed by atoms with Gasteiger partial charge in [-0.25, -0.2) is 13.4 Å². The van der Waals surface area contributed by atoms with Crippen LogP contribution >= 0.6 is 0 Å². The average molecular weight is 364 g/mol. The molecule has 26 heavy (non-hydrogen) atoms. The molecule has 0 saturated heterocycles. The molecule has 6 heteroatoms. The van der Waals surface area contributed by atoms with Crippen molar-refractivity contribution in [3.05, 3.63) is 83.6 Å². The van der Waals surface area contributed by atoms with Gasteiger partial charge >= 0.3 is 0 Å². The number of anilines is 1. The van der Waals surface area contributed by atoms with Gasteiger partial charge in [-0.3, -0.25) is 4.72 Å². The second-order valence-electron chi connectivity index (χ2n) is 5.60. The van der Waals surface area contributed by atoms with E-state index in [1.807, 2.05) is 0 Å². The molecule has 2 aromatic carbocycles. The number of phenolic OH excluding ortho intramolecular Hbond substituents is 1. The van der Waals surface area contributed by atoms with Crippen LogP contribution in [0.1, 0.15) is 16.7 Å². The summed E-state index contributed by atoms with van der Waals surface area (Å²) >= 11 is 0. The maximum atomic E-state index is 12.5. The molecule has 1 heterocycles. The van der Waals surface area contributed by atoms with Gasteiger partial charge in [0.25, 0.3) is 10.0 Å². The lowest BCUT2D eigenvalue weighted by Crippen LogP contribution is -2.14. The summed E-state index contributed by atoms with van der Waals surface area (Å²) in [5, 5.41) is 9.26. The summed E-state index contributed by atoms with van der Waals surface area (Å²) in [4.78, 5) is 4.18. The first-order chi connectivity index (χ1) is 12.4. The molecule has 0 fully saturated rings. The molecule has 0 aliphatic rings. The third kappa shape index (κ3) is 4.21. The summed E-state index contributed by atoms with van der Waals surface area (Å²) < 4.78 is 27.4. The van der Waals surface area contributed by atoms with E-state index in [2.05, 4.69) is 21.5 Å². The van der Waals surface area contributed by atoms with Crippen LogP contribution in [0.2, 0.25) is 0 Å². The highest BCUT2D eigenvalue weighted by Crippen LogP contribution is 2.17. The van der Waals surface area contributed by atoms with Crippen LogP contribution in [0.3, 0.4) is 0 Å². The first kappa shape index (κ1) is 17.5. The molecular weight excluding hydrogens is 348 g/mol. The maximum absolute atomic E-state index is 12.5. The van der Waals surface area contributed by atoms with Gasteiger partial charge in [-0.2, -0.15) is 0 Å². The third-order valence-corrected chi connectivity index (χ3v) is 4.98. The van der Waals surface area contributed by atoms with Crippen molar-refractivity contribution in [2.24, 2.45) is 0 Å². The minimum Gasteiger partial charge on any atom is -0.508 e. The zero-order chi connectivity index (χ0) is 18.6. The first-order valence-corrected chi connectivity index (χ1v) is 9.28. The minimum absolute atomic E-state index is 0.137. The Balaban J connectivity index is 1.79. The highest BCUT2D eigenvalue weighted by atomic mass is 32.2. The number of hydrogen-bond donors (Lipinski definition) is 2. The molecule has 0 bridgehead atoms. The number of phenols is 1. The molecule has 0 spiro atoms. The molecule has 0 saturated carbocycles. The second kappa shape index (κ2) is 7.30. The van der Waals surface area contributed by atoms with Crippen LogP contribution in [0.5, 0.6) is 5.75 Å². The van der Waals surface area contributed by atoms with Crippen molar-refractivity contribution in [2.75, 3.05) is 4.72 Å². The number of nitrogens with one attached hydrogen (secondary N) is 1. The lowest BCUT2D eigenvalue weighted by molar-refractivity contribution is 0.475. The summed E-state index contributed by atoms with van der Waals surface area (Å²) in [6.45, 7) is 1.78. The monoisotopic (exact) mass is 364 g/mol. The zero-order valence-corrected chi connectivity index (χ0v) is 14.8. The molecule has 3 aromatic rings. The number of nitrogens with zero attached hydrogens (tertiary/aromatic N) is 1. The van der Waals surface area contributed by atoms with E-state index in [4.69, 9.17) is 0 Å².